The van der Waals surface area contributed by atoms with E-state index in [9.17, 15) is 14.7 Å². The maximum absolute atomic E-state index is 13.2. The maximum Gasteiger partial charge on any atom is 0.303 e. The van der Waals surface area contributed by atoms with Gasteiger partial charge in [0, 0.05) is 30.0 Å². The Morgan fingerprint density at radius 3 is 2.48 bits per heavy atom. The van der Waals surface area contributed by atoms with Gasteiger partial charge in [-0.1, -0.05) is 48.0 Å². The molecule has 0 saturated heterocycles. The van der Waals surface area contributed by atoms with Crippen molar-refractivity contribution >= 4 is 23.5 Å². The quantitative estimate of drug-likeness (QED) is 0.212. The number of carboxylic acid groups (broad SMARTS) is 1. The molecule has 3 aromatic carbocycles. The molecule has 40 heavy (non-hydrogen) atoms. The Labute approximate surface area is 238 Å². The number of nitrogens with one attached hydrogen (secondary N) is 1. The van der Waals surface area contributed by atoms with Gasteiger partial charge in [-0.15, -0.1) is 0 Å². The Kier molecular flexibility index (Phi) is 8.21. The zero-order valence-electron chi connectivity index (χ0n) is 22.3. The number of amides is 1. The molecule has 1 fully saturated rings. The molecule has 1 amide bonds. The van der Waals surface area contributed by atoms with Crippen molar-refractivity contribution in [1.29, 1.82) is 0 Å². The predicted molar refractivity (Wildman–Crippen MR) is 152 cm³/mol. The summed E-state index contributed by atoms with van der Waals surface area (Å²) in [6.45, 7) is 2.56. The number of ether oxygens (including phenoxy) is 1. The van der Waals surface area contributed by atoms with E-state index in [1.54, 1.807) is 12.1 Å². The summed E-state index contributed by atoms with van der Waals surface area (Å²) in [6.07, 6.45) is 2.50. The molecule has 0 bridgehead atoms. The Bertz CT molecular complexity index is 1490. The Hall–Kier alpha value is -4.10. The third-order valence-electron chi connectivity index (χ3n) is 7.33. The monoisotopic (exact) mass is 558 g/mol. The summed E-state index contributed by atoms with van der Waals surface area (Å²) in [4.78, 5) is 29.1. The fourth-order valence-corrected chi connectivity index (χ4v) is 4.98. The number of carbonyl (C=O) groups is 2. The predicted octanol–water partition coefficient (Wildman–Crippen LogP) is 6.29. The van der Waals surface area contributed by atoms with E-state index in [-0.39, 0.29) is 18.9 Å². The van der Waals surface area contributed by atoms with Gasteiger partial charge in [-0.25, -0.2) is 4.98 Å². The summed E-state index contributed by atoms with van der Waals surface area (Å²) in [7, 11) is 0. The second kappa shape index (κ2) is 12.0. The number of aliphatic carboxylic acids is 1. The Morgan fingerprint density at radius 1 is 1.02 bits per heavy atom. The summed E-state index contributed by atoms with van der Waals surface area (Å²) in [6, 6.07) is 22.8. The van der Waals surface area contributed by atoms with Gasteiger partial charge in [0.25, 0.3) is 0 Å². The second-order valence-corrected chi connectivity index (χ2v) is 10.5. The van der Waals surface area contributed by atoms with E-state index < -0.39 is 11.4 Å². The molecule has 1 aromatic heterocycles. The SMILES string of the molecule is Cc1oc(-c2ccccc2)nc1CCOc1ccc(CCC(=O)O)c(CNC(=O)C2(c3ccc(Cl)cc3)CC2)c1. The van der Waals surface area contributed by atoms with Crippen LogP contribution in [-0.4, -0.2) is 28.6 Å². The standard InChI is InChI=1S/C32H31ClN2O5/c1-21-28(35-30(40-21)23-5-3-2-4-6-23)15-18-39-27-13-7-22(8-14-29(36)37)24(19-27)20-34-31(38)32(16-17-32)25-9-11-26(33)12-10-25/h2-7,9-13,19H,8,14-18,20H2,1H3,(H,34,38)(H,36,37). The number of aromatic nitrogens is 1. The van der Waals surface area contributed by atoms with Crippen molar-refractivity contribution < 1.29 is 23.8 Å². The van der Waals surface area contributed by atoms with Crippen LogP contribution >= 0.6 is 11.6 Å². The third kappa shape index (κ3) is 6.37. The van der Waals surface area contributed by atoms with E-state index in [4.69, 9.17) is 20.8 Å². The lowest BCUT2D eigenvalue weighted by Gasteiger charge is -2.18. The highest BCUT2D eigenvalue weighted by Crippen LogP contribution is 2.48. The van der Waals surface area contributed by atoms with Gasteiger partial charge in [-0.05, 0) is 79.3 Å². The number of benzene rings is 3. The average molecular weight is 559 g/mol. The van der Waals surface area contributed by atoms with E-state index in [1.165, 1.54) is 0 Å². The molecular formula is C32H31ClN2O5. The third-order valence-corrected chi connectivity index (χ3v) is 7.58. The fourth-order valence-electron chi connectivity index (χ4n) is 4.86. The van der Waals surface area contributed by atoms with Crippen LogP contribution < -0.4 is 10.1 Å². The first-order valence-corrected chi connectivity index (χ1v) is 13.7. The van der Waals surface area contributed by atoms with Crippen molar-refractivity contribution in [1.82, 2.24) is 10.3 Å². The number of hydrogen-bond donors (Lipinski definition) is 2. The van der Waals surface area contributed by atoms with Gasteiger partial charge in [-0.3, -0.25) is 9.59 Å². The van der Waals surface area contributed by atoms with E-state index >= 15 is 0 Å². The van der Waals surface area contributed by atoms with Crippen molar-refractivity contribution in [3.63, 3.8) is 0 Å². The lowest BCUT2D eigenvalue weighted by atomic mass is 9.94. The van der Waals surface area contributed by atoms with E-state index in [0.29, 0.717) is 36.1 Å². The van der Waals surface area contributed by atoms with Crippen molar-refractivity contribution in [3.05, 3.63) is 106 Å². The molecule has 1 aliphatic rings. The van der Waals surface area contributed by atoms with Gasteiger partial charge in [0.2, 0.25) is 11.8 Å². The lowest BCUT2D eigenvalue weighted by molar-refractivity contribution is -0.137. The van der Waals surface area contributed by atoms with Gasteiger partial charge in [0.1, 0.15) is 11.5 Å². The highest BCUT2D eigenvalue weighted by molar-refractivity contribution is 6.30. The number of carboxylic acids is 1. The number of nitrogens with zero attached hydrogens (tertiary/aromatic N) is 1. The summed E-state index contributed by atoms with van der Waals surface area (Å²) < 4.78 is 11.9. The van der Waals surface area contributed by atoms with Crippen LogP contribution in [-0.2, 0) is 34.4 Å². The molecule has 2 N–H and O–H groups in total. The van der Waals surface area contributed by atoms with Crippen LogP contribution in [0, 0.1) is 6.92 Å². The molecule has 0 atom stereocenters. The van der Waals surface area contributed by atoms with Crippen LogP contribution in [0.2, 0.25) is 5.02 Å². The zero-order valence-corrected chi connectivity index (χ0v) is 23.0. The van der Waals surface area contributed by atoms with Gasteiger partial charge < -0.3 is 19.6 Å². The number of halogens is 1. The molecule has 0 spiro atoms. The normalized spacial score (nSPS) is 13.6. The summed E-state index contributed by atoms with van der Waals surface area (Å²) in [5, 5.41) is 12.9. The molecule has 0 unspecified atom stereocenters. The van der Waals surface area contributed by atoms with Crippen LogP contribution in [0.3, 0.4) is 0 Å². The molecule has 1 aliphatic carbocycles. The van der Waals surface area contributed by atoms with Crippen LogP contribution in [0.5, 0.6) is 5.75 Å². The van der Waals surface area contributed by atoms with Crippen LogP contribution in [0.15, 0.2) is 77.2 Å². The zero-order chi connectivity index (χ0) is 28.1. The topological polar surface area (TPSA) is 102 Å². The minimum absolute atomic E-state index is 0.00501. The molecule has 8 heteroatoms. The molecule has 206 valence electrons. The van der Waals surface area contributed by atoms with E-state index in [1.807, 2.05) is 67.6 Å². The minimum atomic E-state index is -0.868. The number of rotatable bonds is 12. The van der Waals surface area contributed by atoms with Crippen molar-refractivity contribution in [2.45, 2.75) is 51.0 Å². The van der Waals surface area contributed by atoms with E-state index in [2.05, 4.69) is 10.3 Å². The number of oxazole rings is 1. The van der Waals surface area contributed by atoms with Crippen LogP contribution in [0.25, 0.3) is 11.5 Å². The number of carbonyl (C=O) groups excluding carboxylic acids is 1. The molecule has 0 radical (unpaired) electrons. The summed E-state index contributed by atoms with van der Waals surface area (Å²) in [5.74, 6) is 1.07. The van der Waals surface area contributed by atoms with Crippen LogP contribution in [0.1, 0.15) is 47.4 Å². The molecule has 0 aliphatic heterocycles. The first kappa shape index (κ1) is 27.5. The molecule has 5 rings (SSSR count). The molecule has 7 nitrogen and oxygen atoms in total. The largest absolute Gasteiger partial charge is 0.493 e. The minimum Gasteiger partial charge on any atom is -0.493 e. The van der Waals surface area contributed by atoms with E-state index in [0.717, 1.165) is 46.5 Å². The average Bonchev–Trinajstić information content (AvgIpc) is 3.69. The van der Waals surface area contributed by atoms with Gasteiger partial charge >= 0.3 is 5.97 Å². The molecule has 1 heterocycles. The second-order valence-electron chi connectivity index (χ2n) is 10.1. The first-order chi connectivity index (χ1) is 19.3. The van der Waals surface area contributed by atoms with Gasteiger partial charge in [0.05, 0.1) is 17.7 Å². The summed E-state index contributed by atoms with van der Waals surface area (Å²) >= 11 is 6.03. The molecule has 4 aromatic rings. The number of aryl methyl sites for hydroxylation is 2. The summed E-state index contributed by atoms with van der Waals surface area (Å²) in [5.41, 5.74) is 3.88. The lowest BCUT2D eigenvalue weighted by Crippen LogP contribution is -2.34. The molecular weight excluding hydrogens is 528 g/mol. The van der Waals surface area contributed by atoms with Gasteiger partial charge in [0.15, 0.2) is 0 Å². The fraction of sp³-hybridized carbons (Fsp3) is 0.281. The van der Waals surface area contributed by atoms with Crippen molar-refractivity contribution in [2.75, 3.05) is 6.61 Å². The maximum atomic E-state index is 13.2. The Morgan fingerprint density at radius 2 is 1.77 bits per heavy atom. The smallest absolute Gasteiger partial charge is 0.303 e. The van der Waals surface area contributed by atoms with Crippen molar-refractivity contribution in [2.24, 2.45) is 0 Å². The van der Waals surface area contributed by atoms with Crippen LogP contribution in [0.4, 0.5) is 0 Å². The highest BCUT2D eigenvalue weighted by Gasteiger charge is 2.51. The first-order valence-electron chi connectivity index (χ1n) is 13.4. The highest BCUT2D eigenvalue weighted by atomic mass is 35.5. The van der Waals surface area contributed by atoms with Crippen molar-refractivity contribution in [3.8, 4) is 17.2 Å². The molecule has 1 saturated carbocycles. The Balaban J connectivity index is 1.24. The van der Waals surface area contributed by atoms with Gasteiger partial charge in [-0.2, -0.15) is 0 Å². The number of hydrogen-bond acceptors (Lipinski definition) is 5.